The van der Waals surface area contributed by atoms with Gasteiger partial charge >= 0.3 is 0 Å². The van der Waals surface area contributed by atoms with E-state index in [9.17, 15) is 9.59 Å². The number of rotatable bonds is 5. The standard InChI is InChI=1S/C21H21N5O4/c1-12-10-18(26(25-12)21-22-14(3)13(2)20(28)24-21)23-19(27)9-7-15-6-8-16(29-4)17(11-15)30-5/h6-11H,2H2,1,3-5H3,(H,23,27)/b9-7+. The Kier molecular flexibility index (Phi) is 5.91. The van der Waals surface area contributed by atoms with Crippen molar-refractivity contribution in [2.24, 2.45) is 9.98 Å². The van der Waals surface area contributed by atoms with E-state index in [4.69, 9.17) is 9.47 Å². The number of anilines is 1. The normalized spacial score (nSPS) is 13.9. The highest BCUT2D eigenvalue weighted by Gasteiger charge is 2.21. The Labute approximate surface area is 173 Å². The van der Waals surface area contributed by atoms with Crippen LogP contribution in [-0.4, -0.2) is 47.5 Å². The van der Waals surface area contributed by atoms with Crippen molar-refractivity contribution in [3.63, 3.8) is 0 Å². The number of aliphatic imine (C=N–C) groups is 2. The summed E-state index contributed by atoms with van der Waals surface area (Å²) in [5, 5.41) is 6.99. The molecule has 0 bridgehead atoms. The van der Waals surface area contributed by atoms with E-state index in [0.717, 1.165) is 5.56 Å². The van der Waals surface area contributed by atoms with Crippen molar-refractivity contribution < 1.29 is 19.1 Å². The molecule has 1 N–H and O–H groups in total. The molecule has 3 rings (SSSR count). The third-order valence-corrected chi connectivity index (χ3v) is 4.27. The Morgan fingerprint density at radius 1 is 1.13 bits per heavy atom. The van der Waals surface area contributed by atoms with E-state index in [2.05, 4.69) is 27.0 Å². The van der Waals surface area contributed by atoms with Gasteiger partial charge in [-0.25, -0.2) is 4.99 Å². The molecule has 30 heavy (non-hydrogen) atoms. The lowest BCUT2D eigenvalue weighted by molar-refractivity contribution is -0.114. The summed E-state index contributed by atoms with van der Waals surface area (Å²) in [4.78, 5) is 32.5. The van der Waals surface area contributed by atoms with Gasteiger partial charge in [0.25, 0.3) is 11.9 Å². The van der Waals surface area contributed by atoms with Crippen LogP contribution in [0.15, 0.2) is 52.5 Å². The molecule has 1 aromatic carbocycles. The zero-order valence-corrected chi connectivity index (χ0v) is 17.1. The van der Waals surface area contributed by atoms with Crippen molar-refractivity contribution in [3.8, 4) is 11.5 Å². The van der Waals surface area contributed by atoms with Crippen LogP contribution >= 0.6 is 0 Å². The predicted octanol–water partition coefficient (Wildman–Crippen LogP) is 2.62. The molecule has 1 aliphatic heterocycles. The predicted molar refractivity (Wildman–Crippen MR) is 114 cm³/mol. The fraction of sp³-hybridized carbons (Fsp3) is 0.190. The molecule has 2 heterocycles. The van der Waals surface area contributed by atoms with Gasteiger partial charge in [-0.3, -0.25) is 9.59 Å². The first kappa shape index (κ1) is 20.7. The van der Waals surface area contributed by atoms with Gasteiger partial charge < -0.3 is 14.8 Å². The number of nitrogens with one attached hydrogen (secondary N) is 1. The van der Waals surface area contributed by atoms with Gasteiger partial charge in [0.2, 0.25) is 5.91 Å². The topological polar surface area (TPSA) is 107 Å². The number of benzene rings is 1. The molecule has 2 amide bonds. The second-order valence-corrected chi connectivity index (χ2v) is 6.41. The van der Waals surface area contributed by atoms with Crippen molar-refractivity contribution in [2.45, 2.75) is 13.8 Å². The van der Waals surface area contributed by atoms with Crippen LogP contribution in [0.1, 0.15) is 18.2 Å². The highest BCUT2D eigenvalue weighted by Crippen LogP contribution is 2.28. The molecule has 1 aliphatic rings. The maximum Gasteiger partial charge on any atom is 0.281 e. The Hall–Kier alpha value is -4.01. The molecule has 0 unspecified atom stereocenters. The molecular weight excluding hydrogens is 386 g/mol. The van der Waals surface area contributed by atoms with Crippen molar-refractivity contribution in [3.05, 3.63) is 53.8 Å². The number of hydrogen-bond donors (Lipinski definition) is 1. The first-order valence-corrected chi connectivity index (χ1v) is 8.98. The summed E-state index contributed by atoms with van der Waals surface area (Å²) in [6.07, 6.45) is 3.01. The van der Waals surface area contributed by atoms with Crippen LogP contribution < -0.4 is 14.8 Å². The molecule has 0 radical (unpaired) electrons. The monoisotopic (exact) mass is 407 g/mol. The number of methoxy groups -OCH3 is 2. The number of carbonyl (C=O) groups is 2. The minimum atomic E-state index is -0.490. The molecule has 0 atom stereocenters. The van der Waals surface area contributed by atoms with Crippen LogP contribution in [0.5, 0.6) is 11.5 Å². The number of hydrogen-bond acceptors (Lipinski definition) is 6. The lowest BCUT2D eigenvalue weighted by Crippen LogP contribution is -2.24. The molecule has 0 saturated carbocycles. The zero-order chi connectivity index (χ0) is 21.8. The van der Waals surface area contributed by atoms with Crippen LogP contribution in [0.2, 0.25) is 0 Å². The fourth-order valence-corrected chi connectivity index (χ4v) is 2.69. The third-order valence-electron chi connectivity index (χ3n) is 4.27. The Morgan fingerprint density at radius 3 is 2.53 bits per heavy atom. The Morgan fingerprint density at radius 2 is 1.87 bits per heavy atom. The van der Waals surface area contributed by atoms with E-state index in [1.807, 2.05) is 0 Å². The van der Waals surface area contributed by atoms with Crippen molar-refractivity contribution in [1.29, 1.82) is 0 Å². The van der Waals surface area contributed by atoms with Crippen molar-refractivity contribution >= 4 is 35.4 Å². The average Bonchev–Trinajstić information content (AvgIpc) is 3.09. The maximum atomic E-state index is 12.4. The van der Waals surface area contributed by atoms with Gasteiger partial charge in [0.05, 0.1) is 31.2 Å². The second kappa shape index (κ2) is 8.56. The smallest absolute Gasteiger partial charge is 0.281 e. The highest BCUT2D eigenvalue weighted by atomic mass is 16.5. The van der Waals surface area contributed by atoms with Gasteiger partial charge in [-0.05, 0) is 37.6 Å². The van der Waals surface area contributed by atoms with E-state index < -0.39 is 11.8 Å². The van der Waals surface area contributed by atoms with Gasteiger partial charge in [0.1, 0.15) is 5.82 Å². The maximum absolute atomic E-state index is 12.4. The third kappa shape index (κ3) is 4.35. The van der Waals surface area contributed by atoms with Crippen LogP contribution in [-0.2, 0) is 9.59 Å². The first-order valence-electron chi connectivity index (χ1n) is 8.98. The quantitative estimate of drug-likeness (QED) is 0.767. The molecule has 0 fully saturated rings. The van der Waals surface area contributed by atoms with E-state index in [1.54, 1.807) is 58.4 Å². The fourth-order valence-electron chi connectivity index (χ4n) is 2.69. The summed E-state index contributed by atoms with van der Waals surface area (Å²) in [6.45, 7) is 7.06. The largest absolute Gasteiger partial charge is 0.493 e. The Bertz CT molecular complexity index is 1120. The summed E-state index contributed by atoms with van der Waals surface area (Å²) in [5.74, 6) is 0.681. The summed E-state index contributed by atoms with van der Waals surface area (Å²) < 4.78 is 11.8. The zero-order valence-electron chi connectivity index (χ0n) is 17.1. The SMILES string of the molecule is C=C1C(=O)N=C(n2nc(C)cc2NC(=O)/C=C/c2ccc(OC)c(OC)c2)N=C1C. The summed E-state index contributed by atoms with van der Waals surface area (Å²) >= 11 is 0. The summed E-state index contributed by atoms with van der Waals surface area (Å²) in [7, 11) is 3.09. The van der Waals surface area contributed by atoms with Gasteiger partial charge in [0.15, 0.2) is 11.5 Å². The van der Waals surface area contributed by atoms with Crippen molar-refractivity contribution in [1.82, 2.24) is 9.78 Å². The van der Waals surface area contributed by atoms with Gasteiger partial charge in [-0.2, -0.15) is 14.8 Å². The molecule has 9 nitrogen and oxygen atoms in total. The number of nitrogens with zero attached hydrogens (tertiary/aromatic N) is 4. The van der Waals surface area contributed by atoms with Gasteiger partial charge in [-0.15, -0.1) is 0 Å². The van der Waals surface area contributed by atoms with E-state index in [-0.39, 0.29) is 11.5 Å². The van der Waals surface area contributed by atoms with Crippen LogP contribution in [0.4, 0.5) is 5.82 Å². The molecule has 0 aliphatic carbocycles. The van der Waals surface area contributed by atoms with Crippen LogP contribution in [0.25, 0.3) is 6.08 Å². The molecule has 0 spiro atoms. The minimum Gasteiger partial charge on any atom is -0.493 e. The molecule has 1 aromatic heterocycles. The van der Waals surface area contributed by atoms with E-state index in [0.29, 0.717) is 28.7 Å². The average molecular weight is 407 g/mol. The number of amides is 2. The lowest BCUT2D eigenvalue weighted by atomic mass is 10.2. The molecule has 0 saturated heterocycles. The second-order valence-electron chi connectivity index (χ2n) is 6.41. The summed E-state index contributed by atoms with van der Waals surface area (Å²) in [5.41, 5.74) is 2.06. The van der Waals surface area contributed by atoms with Crippen LogP contribution in [0.3, 0.4) is 0 Å². The van der Waals surface area contributed by atoms with Gasteiger partial charge in [-0.1, -0.05) is 12.6 Å². The lowest BCUT2D eigenvalue weighted by Gasteiger charge is -2.12. The molecule has 9 heteroatoms. The molecule has 2 aromatic rings. The van der Waals surface area contributed by atoms with Gasteiger partial charge in [0, 0.05) is 12.1 Å². The number of carbonyl (C=O) groups excluding carboxylic acids is 2. The molecule has 154 valence electrons. The number of aryl methyl sites for hydroxylation is 1. The minimum absolute atomic E-state index is 0.0668. The van der Waals surface area contributed by atoms with Crippen LogP contribution in [0, 0.1) is 6.92 Å². The number of aromatic nitrogens is 2. The van der Waals surface area contributed by atoms with E-state index >= 15 is 0 Å². The van der Waals surface area contributed by atoms with Crippen molar-refractivity contribution in [2.75, 3.05) is 19.5 Å². The van der Waals surface area contributed by atoms with E-state index in [1.165, 1.54) is 10.8 Å². The molecular formula is C21H21N5O4. The Balaban J connectivity index is 1.80. The first-order chi connectivity index (χ1) is 14.3. The summed E-state index contributed by atoms with van der Waals surface area (Å²) in [6, 6.07) is 6.96. The highest BCUT2D eigenvalue weighted by molar-refractivity contribution is 6.27. The number of ether oxygens (including phenoxy) is 2.